The van der Waals surface area contributed by atoms with Gasteiger partial charge in [0.2, 0.25) is 0 Å². The van der Waals surface area contributed by atoms with Crippen molar-refractivity contribution in [3.8, 4) is 12.3 Å². The first-order valence-corrected chi connectivity index (χ1v) is 6.24. The van der Waals surface area contributed by atoms with Crippen LogP contribution in [-0.4, -0.2) is 16.7 Å². The second kappa shape index (κ2) is 5.36. The van der Waals surface area contributed by atoms with Gasteiger partial charge in [-0.1, -0.05) is 25.0 Å². The van der Waals surface area contributed by atoms with E-state index in [9.17, 15) is 9.46 Å². The molecule has 0 heterocycles. The standard InChI is InChI=1S/C10H17O3P/c1-5-7-8-9-14(11,12)13-10(3,4)6-2/h2,7-8H,5,9H2,1,3-4H3,(H,11,12). The minimum Gasteiger partial charge on any atom is -0.324 e. The summed E-state index contributed by atoms with van der Waals surface area (Å²) in [5.74, 6) is 2.31. The zero-order valence-corrected chi connectivity index (χ0v) is 9.75. The minimum atomic E-state index is -3.59. The van der Waals surface area contributed by atoms with Gasteiger partial charge in [0, 0.05) is 0 Å². The molecule has 1 atom stereocenters. The lowest BCUT2D eigenvalue weighted by molar-refractivity contribution is 0.149. The van der Waals surface area contributed by atoms with Gasteiger partial charge in [0.15, 0.2) is 0 Å². The molecule has 0 aliphatic rings. The summed E-state index contributed by atoms with van der Waals surface area (Å²) in [6.07, 6.45) is 9.43. The predicted molar refractivity (Wildman–Crippen MR) is 58.1 cm³/mol. The first kappa shape index (κ1) is 13.4. The molecule has 0 aromatic carbocycles. The molecule has 0 rings (SSSR count). The van der Waals surface area contributed by atoms with Gasteiger partial charge in [-0.05, 0) is 20.3 Å². The van der Waals surface area contributed by atoms with Crippen molar-refractivity contribution in [2.45, 2.75) is 32.8 Å². The van der Waals surface area contributed by atoms with E-state index in [1.807, 2.05) is 13.0 Å². The number of terminal acetylenes is 1. The van der Waals surface area contributed by atoms with Crippen molar-refractivity contribution in [2.24, 2.45) is 0 Å². The van der Waals surface area contributed by atoms with Crippen LogP contribution in [0.3, 0.4) is 0 Å². The molecule has 0 aliphatic heterocycles. The monoisotopic (exact) mass is 216 g/mol. The Kier molecular flexibility index (Phi) is 5.15. The summed E-state index contributed by atoms with van der Waals surface area (Å²) in [7, 11) is -3.59. The maximum absolute atomic E-state index is 11.4. The van der Waals surface area contributed by atoms with Crippen molar-refractivity contribution in [1.82, 2.24) is 0 Å². The van der Waals surface area contributed by atoms with Crippen LogP contribution in [0.4, 0.5) is 0 Å². The maximum atomic E-state index is 11.4. The fourth-order valence-electron chi connectivity index (χ4n) is 0.795. The molecule has 1 unspecified atom stereocenters. The quantitative estimate of drug-likeness (QED) is 0.436. The molecule has 4 heteroatoms. The highest BCUT2D eigenvalue weighted by molar-refractivity contribution is 7.53. The highest BCUT2D eigenvalue weighted by atomic mass is 31.2. The van der Waals surface area contributed by atoms with Crippen LogP contribution in [0, 0.1) is 12.3 Å². The molecule has 0 saturated heterocycles. The topological polar surface area (TPSA) is 46.5 Å². The average molecular weight is 216 g/mol. The van der Waals surface area contributed by atoms with E-state index >= 15 is 0 Å². The zero-order valence-electron chi connectivity index (χ0n) is 8.86. The Bertz CT molecular complexity index is 286. The van der Waals surface area contributed by atoms with Crippen LogP contribution in [0.2, 0.25) is 0 Å². The highest BCUT2D eigenvalue weighted by Gasteiger charge is 2.27. The smallest absolute Gasteiger partial charge is 0.324 e. The first-order chi connectivity index (χ1) is 6.33. The molecule has 0 radical (unpaired) electrons. The van der Waals surface area contributed by atoms with Gasteiger partial charge in [0.1, 0.15) is 5.60 Å². The second-order valence-corrected chi connectivity index (χ2v) is 5.27. The zero-order chi connectivity index (χ0) is 11.2. The molecule has 0 saturated carbocycles. The van der Waals surface area contributed by atoms with E-state index in [0.29, 0.717) is 0 Å². The van der Waals surface area contributed by atoms with E-state index in [4.69, 9.17) is 10.9 Å². The first-order valence-electron chi connectivity index (χ1n) is 4.48. The third-order valence-electron chi connectivity index (χ3n) is 1.46. The van der Waals surface area contributed by atoms with E-state index in [2.05, 4.69) is 5.92 Å². The molecular weight excluding hydrogens is 199 g/mol. The summed E-state index contributed by atoms with van der Waals surface area (Å²) in [5.41, 5.74) is -0.996. The van der Waals surface area contributed by atoms with Crippen LogP contribution in [-0.2, 0) is 9.09 Å². The Morgan fingerprint density at radius 2 is 2.14 bits per heavy atom. The molecule has 0 fully saturated rings. The summed E-state index contributed by atoms with van der Waals surface area (Å²) in [6, 6.07) is 0. The van der Waals surface area contributed by atoms with Crippen molar-refractivity contribution in [3.05, 3.63) is 12.2 Å². The lowest BCUT2D eigenvalue weighted by Crippen LogP contribution is -2.20. The highest BCUT2D eigenvalue weighted by Crippen LogP contribution is 2.45. The number of allylic oxidation sites excluding steroid dienone is 2. The molecule has 0 amide bonds. The van der Waals surface area contributed by atoms with Crippen LogP contribution in [0.25, 0.3) is 0 Å². The van der Waals surface area contributed by atoms with Gasteiger partial charge in [-0.2, -0.15) is 0 Å². The van der Waals surface area contributed by atoms with Gasteiger partial charge in [-0.25, -0.2) is 0 Å². The van der Waals surface area contributed by atoms with Gasteiger partial charge in [-0.15, -0.1) is 6.42 Å². The largest absolute Gasteiger partial charge is 0.333 e. The van der Waals surface area contributed by atoms with Gasteiger partial charge in [0.25, 0.3) is 0 Å². The summed E-state index contributed by atoms with van der Waals surface area (Å²) < 4.78 is 16.4. The van der Waals surface area contributed by atoms with Gasteiger partial charge in [0.05, 0.1) is 6.16 Å². The van der Waals surface area contributed by atoms with Crippen LogP contribution in [0.5, 0.6) is 0 Å². The molecule has 0 aromatic rings. The SMILES string of the molecule is C#CC(C)(C)OP(=O)(O)CC=CCC. The fourth-order valence-corrected chi connectivity index (χ4v) is 2.05. The average Bonchev–Trinajstić information content (AvgIpc) is 2.03. The van der Waals surface area contributed by atoms with Gasteiger partial charge >= 0.3 is 7.60 Å². The van der Waals surface area contributed by atoms with Gasteiger partial charge < -0.3 is 4.89 Å². The fraction of sp³-hybridized carbons (Fsp3) is 0.600. The molecule has 0 bridgehead atoms. The summed E-state index contributed by atoms with van der Waals surface area (Å²) in [4.78, 5) is 9.39. The molecule has 0 aromatic heterocycles. The summed E-state index contributed by atoms with van der Waals surface area (Å²) in [5, 5.41) is 0. The van der Waals surface area contributed by atoms with Crippen molar-refractivity contribution >= 4 is 7.60 Å². The third kappa shape index (κ3) is 5.99. The van der Waals surface area contributed by atoms with E-state index in [0.717, 1.165) is 6.42 Å². The number of hydrogen-bond acceptors (Lipinski definition) is 2. The van der Waals surface area contributed by atoms with Crippen molar-refractivity contribution in [2.75, 3.05) is 6.16 Å². The van der Waals surface area contributed by atoms with Gasteiger partial charge in [-0.3, -0.25) is 9.09 Å². The molecule has 14 heavy (non-hydrogen) atoms. The molecule has 80 valence electrons. The molecular formula is C10H17O3P. The molecule has 3 nitrogen and oxygen atoms in total. The molecule has 0 spiro atoms. The Labute approximate surface area is 85.7 Å². The van der Waals surface area contributed by atoms with Crippen LogP contribution in [0.15, 0.2) is 12.2 Å². The molecule has 1 N–H and O–H groups in total. The van der Waals surface area contributed by atoms with E-state index in [1.165, 1.54) is 0 Å². The predicted octanol–water partition coefficient (Wildman–Crippen LogP) is 2.57. The van der Waals surface area contributed by atoms with E-state index in [1.54, 1.807) is 19.9 Å². The Morgan fingerprint density at radius 3 is 2.57 bits per heavy atom. The summed E-state index contributed by atoms with van der Waals surface area (Å²) >= 11 is 0. The second-order valence-electron chi connectivity index (χ2n) is 3.45. The van der Waals surface area contributed by atoms with Crippen molar-refractivity contribution in [1.29, 1.82) is 0 Å². The lowest BCUT2D eigenvalue weighted by atomic mass is 10.2. The normalized spacial score (nSPS) is 16.5. The van der Waals surface area contributed by atoms with Crippen LogP contribution >= 0.6 is 7.60 Å². The summed E-state index contributed by atoms with van der Waals surface area (Å²) in [6.45, 7) is 5.11. The van der Waals surface area contributed by atoms with Crippen LogP contribution < -0.4 is 0 Å². The van der Waals surface area contributed by atoms with Crippen molar-refractivity contribution < 1.29 is 14.0 Å². The minimum absolute atomic E-state index is 0.00590. The lowest BCUT2D eigenvalue weighted by Gasteiger charge is -2.21. The van der Waals surface area contributed by atoms with Crippen molar-refractivity contribution in [3.63, 3.8) is 0 Å². The van der Waals surface area contributed by atoms with E-state index < -0.39 is 13.2 Å². The van der Waals surface area contributed by atoms with Crippen LogP contribution in [0.1, 0.15) is 27.2 Å². The molecule has 0 aliphatic carbocycles. The number of hydrogen-bond donors (Lipinski definition) is 1. The third-order valence-corrected chi connectivity index (χ3v) is 2.87. The Morgan fingerprint density at radius 1 is 1.57 bits per heavy atom. The Balaban J connectivity index is 4.30. The van der Waals surface area contributed by atoms with E-state index in [-0.39, 0.29) is 6.16 Å². The number of rotatable bonds is 5. The maximum Gasteiger partial charge on any atom is 0.333 e. The Hall–Kier alpha value is -0.550.